The van der Waals surface area contributed by atoms with Crippen LogP contribution < -0.4 is 15.0 Å². The second kappa shape index (κ2) is 10.0. The Bertz CT molecular complexity index is 814. The van der Waals surface area contributed by atoms with Crippen LogP contribution in [0.15, 0.2) is 36.5 Å². The minimum absolute atomic E-state index is 0.0422. The van der Waals surface area contributed by atoms with Gasteiger partial charge in [-0.3, -0.25) is 0 Å². The van der Waals surface area contributed by atoms with Gasteiger partial charge in [0.05, 0.1) is 13.7 Å². The molecule has 0 radical (unpaired) electrons. The molecule has 1 aliphatic rings. The Labute approximate surface area is 169 Å². The lowest BCUT2D eigenvalue weighted by atomic mass is 10.0. The van der Waals surface area contributed by atoms with Crippen LogP contribution in [-0.2, 0) is 4.74 Å². The van der Waals surface area contributed by atoms with E-state index in [1.807, 2.05) is 0 Å². The topological polar surface area (TPSA) is 79.8 Å². The van der Waals surface area contributed by atoms with E-state index >= 15 is 0 Å². The first-order chi connectivity index (χ1) is 14.1. The predicted octanol–water partition coefficient (Wildman–Crippen LogP) is 2.77. The van der Waals surface area contributed by atoms with Crippen molar-refractivity contribution in [3.63, 3.8) is 0 Å². The third kappa shape index (κ3) is 5.54. The van der Waals surface area contributed by atoms with Gasteiger partial charge in [-0.15, -0.1) is 0 Å². The van der Waals surface area contributed by atoms with Crippen molar-refractivity contribution in [2.24, 2.45) is 0 Å². The summed E-state index contributed by atoms with van der Waals surface area (Å²) < 4.78 is 23.8. The number of urea groups is 1. The van der Waals surface area contributed by atoms with E-state index in [1.54, 1.807) is 43.5 Å². The van der Waals surface area contributed by atoms with Crippen molar-refractivity contribution in [2.75, 3.05) is 50.7 Å². The molecule has 2 amide bonds. The van der Waals surface area contributed by atoms with Crippen molar-refractivity contribution in [3.05, 3.63) is 42.3 Å². The van der Waals surface area contributed by atoms with Gasteiger partial charge in [-0.25, -0.2) is 14.2 Å². The largest absolute Gasteiger partial charge is 0.481 e. The Morgan fingerprint density at radius 2 is 2.10 bits per heavy atom. The van der Waals surface area contributed by atoms with Gasteiger partial charge in [-0.1, -0.05) is 6.07 Å². The number of halogens is 1. The van der Waals surface area contributed by atoms with Gasteiger partial charge in [0.15, 0.2) is 0 Å². The molecule has 2 heterocycles. The number of amides is 2. The van der Waals surface area contributed by atoms with Crippen molar-refractivity contribution >= 4 is 17.7 Å². The lowest BCUT2D eigenvalue weighted by Gasteiger charge is -2.38. The fourth-order valence-corrected chi connectivity index (χ4v) is 3.38. The molecule has 3 rings (SSSR count). The van der Waals surface area contributed by atoms with Crippen LogP contribution >= 0.6 is 0 Å². The molecule has 1 N–H and O–H groups in total. The molecule has 1 aromatic heterocycles. The predicted molar refractivity (Wildman–Crippen MR) is 108 cm³/mol. The quantitative estimate of drug-likeness (QED) is 0.766. The normalized spacial score (nSPS) is 14.5. The van der Waals surface area contributed by atoms with Gasteiger partial charge in [0.25, 0.3) is 0 Å². The molecule has 1 fully saturated rings. The van der Waals surface area contributed by atoms with Crippen molar-refractivity contribution in [3.8, 4) is 5.88 Å². The van der Waals surface area contributed by atoms with Crippen LogP contribution in [0.1, 0.15) is 12.8 Å². The van der Waals surface area contributed by atoms with E-state index in [0.29, 0.717) is 43.8 Å². The second-order valence-corrected chi connectivity index (χ2v) is 6.74. The fourth-order valence-electron chi connectivity index (χ4n) is 3.38. The second-order valence-electron chi connectivity index (χ2n) is 6.74. The summed E-state index contributed by atoms with van der Waals surface area (Å²) >= 11 is 0. The molecular weight excluding hydrogens is 377 g/mol. The highest BCUT2D eigenvalue weighted by Crippen LogP contribution is 2.22. The first-order valence-electron chi connectivity index (χ1n) is 9.55. The first kappa shape index (κ1) is 20.8. The molecule has 1 aromatic carbocycles. The third-order valence-electron chi connectivity index (χ3n) is 4.89. The number of carbonyl (C=O) groups excluding carboxylic acids is 1. The van der Waals surface area contributed by atoms with Crippen molar-refractivity contribution in [2.45, 2.75) is 18.9 Å². The molecule has 29 heavy (non-hydrogen) atoms. The highest BCUT2D eigenvalue weighted by molar-refractivity contribution is 5.89. The van der Waals surface area contributed by atoms with Gasteiger partial charge in [-0.05, 0) is 31.0 Å². The number of benzene rings is 1. The molecular formula is C20H26FN5O3. The van der Waals surface area contributed by atoms with Gasteiger partial charge in [0, 0.05) is 50.7 Å². The standard InChI is InChI=1S/C20H26FN5O3/c1-28-13-12-26(20(27)23-16-5-3-4-15(21)14-16)17-7-10-25(11-8-17)19-22-9-6-18(24-19)29-2/h3-6,9,14,17H,7-8,10-13H2,1-2H3,(H,23,27). The van der Waals surface area contributed by atoms with Crippen LogP contribution in [-0.4, -0.2) is 67.4 Å². The highest BCUT2D eigenvalue weighted by Gasteiger charge is 2.29. The Hall–Kier alpha value is -2.94. The van der Waals surface area contributed by atoms with Gasteiger partial charge >= 0.3 is 6.03 Å². The number of rotatable bonds is 7. The van der Waals surface area contributed by atoms with Crippen LogP contribution in [0.5, 0.6) is 5.88 Å². The number of anilines is 2. The Kier molecular flexibility index (Phi) is 7.18. The minimum atomic E-state index is -0.391. The van der Waals surface area contributed by atoms with Crippen LogP contribution in [0.25, 0.3) is 0 Å². The first-order valence-corrected chi connectivity index (χ1v) is 9.55. The summed E-state index contributed by atoms with van der Waals surface area (Å²) in [5.41, 5.74) is 0.430. The summed E-state index contributed by atoms with van der Waals surface area (Å²) in [4.78, 5) is 25.4. The van der Waals surface area contributed by atoms with Gasteiger partial charge in [-0.2, -0.15) is 4.98 Å². The van der Waals surface area contributed by atoms with Crippen LogP contribution in [0.4, 0.5) is 20.8 Å². The monoisotopic (exact) mass is 403 g/mol. The Morgan fingerprint density at radius 1 is 1.31 bits per heavy atom. The molecule has 1 aliphatic heterocycles. The maximum Gasteiger partial charge on any atom is 0.322 e. The third-order valence-corrected chi connectivity index (χ3v) is 4.89. The molecule has 0 bridgehead atoms. The number of ether oxygens (including phenoxy) is 2. The summed E-state index contributed by atoms with van der Waals surface area (Å²) in [7, 11) is 3.18. The number of piperidine rings is 1. The van der Waals surface area contributed by atoms with Crippen LogP contribution in [0.3, 0.4) is 0 Å². The smallest absolute Gasteiger partial charge is 0.322 e. The zero-order valence-electron chi connectivity index (χ0n) is 16.7. The van der Waals surface area contributed by atoms with E-state index in [4.69, 9.17) is 9.47 Å². The van der Waals surface area contributed by atoms with Crippen molar-refractivity contribution in [1.29, 1.82) is 0 Å². The molecule has 8 nitrogen and oxygen atoms in total. The van der Waals surface area contributed by atoms with Gasteiger partial charge in [0.2, 0.25) is 11.8 Å². The van der Waals surface area contributed by atoms with Crippen molar-refractivity contribution in [1.82, 2.24) is 14.9 Å². The lowest BCUT2D eigenvalue weighted by molar-refractivity contribution is 0.127. The number of nitrogens with zero attached hydrogens (tertiary/aromatic N) is 4. The molecule has 0 atom stereocenters. The molecule has 0 aliphatic carbocycles. The van der Waals surface area contributed by atoms with E-state index in [1.165, 1.54) is 12.1 Å². The number of nitrogens with one attached hydrogen (secondary N) is 1. The summed E-state index contributed by atoms with van der Waals surface area (Å²) in [5.74, 6) is 0.751. The number of aromatic nitrogens is 2. The Balaban J connectivity index is 1.64. The summed E-state index contributed by atoms with van der Waals surface area (Å²) in [5, 5.41) is 2.78. The van der Waals surface area contributed by atoms with Gasteiger partial charge < -0.3 is 24.6 Å². The number of hydrogen-bond donors (Lipinski definition) is 1. The zero-order chi connectivity index (χ0) is 20.6. The maximum atomic E-state index is 13.4. The number of methoxy groups -OCH3 is 2. The molecule has 0 saturated carbocycles. The number of carbonyl (C=O) groups is 1. The van der Waals surface area contributed by atoms with Crippen LogP contribution in [0, 0.1) is 5.82 Å². The molecule has 0 spiro atoms. The average Bonchev–Trinajstić information content (AvgIpc) is 2.74. The fraction of sp³-hybridized carbons (Fsp3) is 0.450. The minimum Gasteiger partial charge on any atom is -0.481 e. The summed E-state index contributed by atoms with van der Waals surface area (Å²) in [6.45, 7) is 2.32. The average molecular weight is 403 g/mol. The number of hydrogen-bond acceptors (Lipinski definition) is 6. The maximum absolute atomic E-state index is 13.4. The molecule has 156 valence electrons. The Morgan fingerprint density at radius 3 is 2.79 bits per heavy atom. The lowest BCUT2D eigenvalue weighted by Crippen LogP contribution is -2.50. The molecule has 9 heteroatoms. The zero-order valence-corrected chi connectivity index (χ0v) is 16.7. The van der Waals surface area contributed by atoms with E-state index in [2.05, 4.69) is 20.2 Å². The highest BCUT2D eigenvalue weighted by atomic mass is 19.1. The SMILES string of the molecule is COCCN(C(=O)Nc1cccc(F)c1)C1CCN(c2nccc(OC)n2)CC1. The summed E-state index contributed by atoms with van der Waals surface area (Å²) in [6.07, 6.45) is 3.20. The van der Waals surface area contributed by atoms with E-state index < -0.39 is 5.82 Å². The van der Waals surface area contributed by atoms with Gasteiger partial charge in [0.1, 0.15) is 5.82 Å². The molecule has 0 unspecified atom stereocenters. The van der Waals surface area contributed by atoms with E-state index in [9.17, 15) is 9.18 Å². The summed E-state index contributed by atoms with van der Waals surface area (Å²) in [6, 6.07) is 7.36. The molecule has 1 saturated heterocycles. The molecule has 2 aromatic rings. The van der Waals surface area contributed by atoms with Crippen molar-refractivity contribution < 1.29 is 18.7 Å². The van der Waals surface area contributed by atoms with E-state index in [0.717, 1.165) is 12.8 Å². The van der Waals surface area contributed by atoms with E-state index in [-0.39, 0.29) is 12.1 Å². The van der Waals surface area contributed by atoms with Crippen LogP contribution in [0.2, 0.25) is 0 Å².